The fourth-order valence-corrected chi connectivity index (χ4v) is 2.08. The van der Waals surface area contributed by atoms with Gasteiger partial charge in [0, 0.05) is 35.5 Å². The van der Waals surface area contributed by atoms with Crippen LogP contribution in [0.25, 0.3) is 0 Å². The van der Waals surface area contributed by atoms with Crippen LogP contribution in [0.1, 0.15) is 11.6 Å². The molecule has 0 aliphatic heterocycles. The molecule has 0 bridgehead atoms. The topological polar surface area (TPSA) is 55.9 Å². The highest BCUT2D eigenvalue weighted by Gasteiger charge is 2.11. The number of aryl methyl sites for hydroxylation is 1. The van der Waals surface area contributed by atoms with E-state index in [9.17, 15) is 0 Å². The molecule has 1 aromatic heterocycles. The van der Waals surface area contributed by atoms with E-state index in [2.05, 4.69) is 26.3 Å². The van der Waals surface area contributed by atoms with E-state index in [4.69, 9.17) is 5.73 Å². The van der Waals surface area contributed by atoms with E-state index >= 15 is 0 Å². The Bertz CT molecular complexity index is 495. The molecule has 0 radical (unpaired) electrons. The number of aromatic nitrogens is 2. The summed E-state index contributed by atoms with van der Waals surface area (Å²) in [6.45, 7) is 0.526. The summed E-state index contributed by atoms with van der Waals surface area (Å²) in [5, 5.41) is 7.55. The van der Waals surface area contributed by atoms with Crippen LogP contribution in [0.5, 0.6) is 0 Å². The summed E-state index contributed by atoms with van der Waals surface area (Å²) in [6, 6.07) is 8.11. The standard InChI is InChI=1S/C12H15BrN4/c1-17-8-9(7-15-17)12(6-14)16-11-4-2-3-10(13)5-11/h2-5,7-8,12,16H,6,14H2,1H3. The third kappa shape index (κ3) is 3.08. The van der Waals surface area contributed by atoms with Crippen LogP contribution in [-0.2, 0) is 7.05 Å². The summed E-state index contributed by atoms with van der Waals surface area (Å²) in [6.07, 6.45) is 3.81. The van der Waals surface area contributed by atoms with Crippen LogP contribution in [-0.4, -0.2) is 16.3 Å². The van der Waals surface area contributed by atoms with Crippen molar-refractivity contribution in [3.05, 3.63) is 46.7 Å². The summed E-state index contributed by atoms with van der Waals surface area (Å²) in [5.41, 5.74) is 7.92. The van der Waals surface area contributed by atoms with Gasteiger partial charge in [0.1, 0.15) is 0 Å². The predicted octanol–water partition coefficient (Wildman–Crippen LogP) is 2.29. The van der Waals surface area contributed by atoms with E-state index in [1.807, 2.05) is 43.7 Å². The molecule has 4 nitrogen and oxygen atoms in total. The molecule has 1 heterocycles. The molecule has 0 aliphatic rings. The zero-order chi connectivity index (χ0) is 12.3. The average Bonchev–Trinajstić information content (AvgIpc) is 2.73. The van der Waals surface area contributed by atoms with Crippen molar-refractivity contribution in [1.82, 2.24) is 9.78 Å². The highest BCUT2D eigenvalue weighted by atomic mass is 79.9. The Kier molecular flexibility index (Phi) is 3.81. The SMILES string of the molecule is Cn1cc(C(CN)Nc2cccc(Br)c2)cn1. The number of nitrogens with zero attached hydrogens (tertiary/aromatic N) is 2. The predicted molar refractivity (Wildman–Crippen MR) is 72.8 cm³/mol. The molecular weight excluding hydrogens is 280 g/mol. The number of hydrogen-bond donors (Lipinski definition) is 2. The van der Waals surface area contributed by atoms with Gasteiger partial charge in [-0.2, -0.15) is 5.10 Å². The molecule has 1 aromatic carbocycles. The Balaban J connectivity index is 2.15. The first-order valence-electron chi connectivity index (χ1n) is 5.40. The number of halogens is 1. The molecule has 0 amide bonds. The molecular formula is C12H15BrN4. The summed E-state index contributed by atoms with van der Waals surface area (Å²) >= 11 is 3.45. The van der Waals surface area contributed by atoms with Gasteiger partial charge in [0.2, 0.25) is 0 Å². The van der Waals surface area contributed by atoms with Gasteiger partial charge in [-0.15, -0.1) is 0 Å². The quantitative estimate of drug-likeness (QED) is 0.910. The van der Waals surface area contributed by atoms with Crippen molar-refractivity contribution < 1.29 is 0 Å². The minimum Gasteiger partial charge on any atom is -0.377 e. The lowest BCUT2D eigenvalue weighted by molar-refractivity contribution is 0.759. The van der Waals surface area contributed by atoms with Crippen LogP contribution in [0.2, 0.25) is 0 Å². The number of anilines is 1. The minimum atomic E-state index is 0.0815. The molecule has 1 unspecified atom stereocenters. The minimum absolute atomic E-state index is 0.0815. The maximum atomic E-state index is 5.79. The van der Waals surface area contributed by atoms with Crippen LogP contribution in [0.4, 0.5) is 5.69 Å². The third-order valence-corrected chi connectivity index (χ3v) is 3.02. The number of benzene rings is 1. The summed E-state index contributed by atoms with van der Waals surface area (Å²) < 4.78 is 2.82. The van der Waals surface area contributed by atoms with Crippen LogP contribution in [0, 0.1) is 0 Å². The monoisotopic (exact) mass is 294 g/mol. The van der Waals surface area contributed by atoms with E-state index in [0.29, 0.717) is 6.54 Å². The van der Waals surface area contributed by atoms with Gasteiger partial charge in [0.05, 0.1) is 12.2 Å². The van der Waals surface area contributed by atoms with Crippen molar-refractivity contribution in [1.29, 1.82) is 0 Å². The smallest absolute Gasteiger partial charge is 0.0667 e. The molecule has 2 rings (SSSR count). The molecule has 0 saturated heterocycles. The zero-order valence-electron chi connectivity index (χ0n) is 9.60. The fraction of sp³-hybridized carbons (Fsp3) is 0.250. The van der Waals surface area contributed by atoms with Gasteiger partial charge >= 0.3 is 0 Å². The molecule has 17 heavy (non-hydrogen) atoms. The first-order valence-corrected chi connectivity index (χ1v) is 6.19. The Morgan fingerprint density at radius 1 is 1.53 bits per heavy atom. The fourth-order valence-electron chi connectivity index (χ4n) is 1.68. The van der Waals surface area contributed by atoms with E-state index in [1.165, 1.54) is 0 Å². The van der Waals surface area contributed by atoms with Gasteiger partial charge in [-0.3, -0.25) is 4.68 Å². The van der Waals surface area contributed by atoms with Crippen molar-refractivity contribution in [2.75, 3.05) is 11.9 Å². The second kappa shape index (κ2) is 5.33. The Labute approximate surface area is 109 Å². The largest absolute Gasteiger partial charge is 0.377 e. The summed E-state index contributed by atoms with van der Waals surface area (Å²) in [4.78, 5) is 0. The second-order valence-corrected chi connectivity index (χ2v) is 4.81. The number of nitrogens with two attached hydrogens (primary N) is 1. The van der Waals surface area contributed by atoms with Gasteiger partial charge in [0.25, 0.3) is 0 Å². The van der Waals surface area contributed by atoms with Crippen molar-refractivity contribution >= 4 is 21.6 Å². The van der Waals surface area contributed by atoms with Crippen LogP contribution in [0.15, 0.2) is 41.1 Å². The van der Waals surface area contributed by atoms with Gasteiger partial charge in [-0.05, 0) is 18.2 Å². The lowest BCUT2D eigenvalue weighted by Gasteiger charge is -2.16. The maximum absolute atomic E-state index is 5.79. The first kappa shape index (κ1) is 12.1. The average molecular weight is 295 g/mol. The Morgan fingerprint density at radius 3 is 2.94 bits per heavy atom. The molecule has 1 atom stereocenters. The van der Waals surface area contributed by atoms with Crippen molar-refractivity contribution in [2.45, 2.75) is 6.04 Å². The van der Waals surface area contributed by atoms with Gasteiger partial charge in [-0.1, -0.05) is 22.0 Å². The van der Waals surface area contributed by atoms with E-state index < -0.39 is 0 Å². The number of nitrogens with one attached hydrogen (secondary N) is 1. The van der Waals surface area contributed by atoms with E-state index in [1.54, 1.807) is 4.68 Å². The van der Waals surface area contributed by atoms with Gasteiger partial charge in [-0.25, -0.2) is 0 Å². The highest BCUT2D eigenvalue weighted by molar-refractivity contribution is 9.10. The molecule has 0 fully saturated rings. The van der Waals surface area contributed by atoms with Gasteiger partial charge in [0.15, 0.2) is 0 Å². The zero-order valence-corrected chi connectivity index (χ0v) is 11.2. The molecule has 5 heteroatoms. The molecule has 3 N–H and O–H groups in total. The van der Waals surface area contributed by atoms with Crippen molar-refractivity contribution in [3.63, 3.8) is 0 Å². The normalized spacial score (nSPS) is 12.4. The lowest BCUT2D eigenvalue weighted by atomic mass is 10.1. The van der Waals surface area contributed by atoms with Crippen LogP contribution < -0.4 is 11.1 Å². The van der Waals surface area contributed by atoms with Crippen LogP contribution in [0.3, 0.4) is 0 Å². The van der Waals surface area contributed by atoms with E-state index in [0.717, 1.165) is 15.7 Å². The summed E-state index contributed by atoms with van der Waals surface area (Å²) in [7, 11) is 1.90. The van der Waals surface area contributed by atoms with E-state index in [-0.39, 0.29) is 6.04 Å². The second-order valence-electron chi connectivity index (χ2n) is 3.89. The van der Waals surface area contributed by atoms with Crippen molar-refractivity contribution in [3.8, 4) is 0 Å². The third-order valence-electron chi connectivity index (χ3n) is 2.53. The Morgan fingerprint density at radius 2 is 2.35 bits per heavy atom. The van der Waals surface area contributed by atoms with Gasteiger partial charge < -0.3 is 11.1 Å². The Hall–Kier alpha value is -1.33. The highest BCUT2D eigenvalue weighted by Crippen LogP contribution is 2.21. The molecule has 0 aliphatic carbocycles. The molecule has 0 spiro atoms. The number of rotatable bonds is 4. The molecule has 0 saturated carbocycles. The lowest BCUT2D eigenvalue weighted by Crippen LogP contribution is -2.20. The maximum Gasteiger partial charge on any atom is 0.0667 e. The van der Waals surface area contributed by atoms with Crippen molar-refractivity contribution in [2.24, 2.45) is 12.8 Å². The summed E-state index contributed by atoms with van der Waals surface area (Å²) in [5.74, 6) is 0. The molecule has 2 aromatic rings. The number of hydrogen-bond acceptors (Lipinski definition) is 3. The first-order chi connectivity index (χ1) is 8.19. The molecule has 90 valence electrons. The van der Waals surface area contributed by atoms with Crippen LogP contribution >= 0.6 is 15.9 Å².